The van der Waals surface area contributed by atoms with E-state index in [1.165, 1.54) is 12.8 Å². The lowest BCUT2D eigenvalue weighted by molar-refractivity contribution is 0.0653. The number of amides is 1. The third-order valence-corrected chi connectivity index (χ3v) is 6.33. The smallest absolute Gasteiger partial charge is 0.276 e. The third-order valence-electron chi connectivity index (χ3n) is 6.33. The van der Waals surface area contributed by atoms with Gasteiger partial charge in [-0.15, -0.1) is 5.10 Å². The van der Waals surface area contributed by atoms with Gasteiger partial charge in [0.15, 0.2) is 11.5 Å². The Morgan fingerprint density at radius 1 is 1.32 bits per heavy atom. The maximum Gasteiger partial charge on any atom is 0.276 e. The van der Waals surface area contributed by atoms with Gasteiger partial charge in [-0.3, -0.25) is 9.69 Å². The van der Waals surface area contributed by atoms with Crippen molar-refractivity contribution in [2.75, 3.05) is 26.2 Å². The highest BCUT2D eigenvalue weighted by molar-refractivity contribution is 5.92. The standard InChI is InChI=1S/C19H29N7O2/c1-4-25(5-2)19(18-20-22-23-26(18)15-8-6-7-9-15)10-11-24(13-19)17(27)16-12-14(3)28-21-16/h12,15H,4-11,13H2,1-3H3. The molecule has 1 saturated carbocycles. The molecule has 2 aliphatic rings. The number of rotatable bonds is 6. The van der Waals surface area contributed by atoms with Crippen molar-refractivity contribution in [2.24, 2.45) is 0 Å². The summed E-state index contributed by atoms with van der Waals surface area (Å²) >= 11 is 0. The van der Waals surface area contributed by atoms with E-state index in [0.717, 1.165) is 38.2 Å². The first-order valence-electron chi connectivity index (χ1n) is 10.3. The lowest BCUT2D eigenvalue weighted by Gasteiger charge is -2.39. The second-order valence-corrected chi connectivity index (χ2v) is 7.89. The topological polar surface area (TPSA) is 93.2 Å². The van der Waals surface area contributed by atoms with Crippen molar-refractivity contribution < 1.29 is 9.32 Å². The van der Waals surface area contributed by atoms with E-state index in [-0.39, 0.29) is 11.4 Å². The largest absolute Gasteiger partial charge is 0.361 e. The molecule has 9 nitrogen and oxygen atoms in total. The van der Waals surface area contributed by atoms with Gasteiger partial charge in [-0.05, 0) is 49.7 Å². The summed E-state index contributed by atoms with van der Waals surface area (Å²) in [5, 5.41) is 16.8. The fourth-order valence-electron chi connectivity index (χ4n) is 4.90. The number of carbonyl (C=O) groups is 1. The Morgan fingerprint density at radius 2 is 2.07 bits per heavy atom. The average Bonchev–Trinajstić information content (AvgIpc) is 3.47. The number of likely N-dealkylation sites (tertiary alicyclic amines) is 1. The lowest BCUT2D eigenvalue weighted by Crippen LogP contribution is -2.50. The van der Waals surface area contributed by atoms with E-state index < -0.39 is 0 Å². The Kier molecular flexibility index (Phi) is 5.18. The molecular weight excluding hydrogens is 358 g/mol. The highest BCUT2D eigenvalue weighted by Crippen LogP contribution is 2.40. The third kappa shape index (κ3) is 3.11. The zero-order chi connectivity index (χ0) is 19.7. The molecule has 1 aliphatic carbocycles. The predicted molar refractivity (Wildman–Crippen MR) is 102 cm³/mol. The number of aryl methyl sites for hydroxylation is 1. The van der Waals surface area contributed by atoms with E-state index in [1.807, 2.05) is 9.58 Å². The van der Waals surface area contributed by atoms with Crippen LogP contribution in [0.3, 0.4) is 0 Å². The molecule has 1 amide bonds. The molecule has 2 fully saturated rings. The minimum atomic E-state index is -0.371. The molecule has 1 aliphatic heterocycles. The number of aromatic nitrogens is 5. The number of likely N-dealkylation sites (N-methyl/N-ethyl adjacent to an activating group) is 1. The van der Waals surface area contributed by atoms with Crippen molar-refractivity contribution >= 4 is 5.91 Å². The van der Waals surface area contributed by atoms with Crippen LogP contribution in [-0.4, -0.2) is 67.2 Å². The van der Waals surface area contributed by atoms with E-state index in [2.05, 4.69) is 39.4 Å². The first kappa shape index (κ1) is 19.0. The van der Waals surface area contributed by atoms with Gasteiger partial charge in [0.05, 0.1) is 6.04 Å². The van der Waals surface area contributed by atoms with Crippen molar-refractivity contribution in [1.82, 2.24) is 35.2 Å². The highest BCUT2D eigenvalue weighted by atomic mass is 16.5. The first-order chi connectivity index (χ1) is 13.6. The molecule has 0 bridgehead atoms. The van der Waals surface area contributed by atoms with Crippen LogP contribution in [0, 0.1) is 6.92 Å². The van der Waals surface area contributed by atoms with E-state index >= 15 is 0 Å². The van der Waals surface area contributed by atoms with E-state index in [4.69, 9.17) is 4.52 Å². The van der Waals surface area contributed by atoms with E-state index in [1.54, 1.807) is 13.0 Å². The fraction of sp³-hybridized carbons (Fsp3) is 0.737. The monoisotopic (exact) mass is 387 g/mol. The summed E-state index contributed by atoms with van der Waals surface area (Å²) in [4.78, 5) is 17.2. The Labute approximate surface area is 165 Å². The van der Waals surface area contributed by atoms with Crippen LogP contribution in [0.1, 0.15) is 74.1 Å². The maximum absolute atomic E-state index is 13.0. The van der Waals surface area contributed by atoms with Crippen LogP contribution >= 0.6 is 0 Å². The number of tetrazole rings is 1. The van der Waals surface area contributed by atoms with E-state index in [9.17, 15) is 4.79 Å². The van der Waals surface area contributed by atoms with Crippen molar-refractivity contribution in [1.29, 1.82) is 0 Å². The fourth-order valence-corrected chi connectivity index (χ4v) is 4.90. The molecule has 3 heterocycles. The molecule has 1 saturated heterocycles. The zero-order valence-corrected chi connectivity index (χ0v) is 17.0. The second-order valence-electron chi connectivity index (χ2n) is 7.89. The van der Waals surface area contributed by atoms with Crippen molar-refractivity contribution in [2.45, 2.75) is 64.5 Å². The van der Waals surface area contributed by atoms with Gasteiger partial charge in [0, 0.05) is 19.2 Å². The average molecular weight is 387 g/mol. The van der Waals surface area contributed by atoms with Crippen LogP contribution in [0.15, 0.2) is 10.6 Å². The first-order valence-corrected chi connectivity index (χ1v) is 10.3. The van der Waals surface area contributed by atoms with Crippen LogP contribution in [0.2, 0.25) is 0 Å². The number of hydrogen-bond donors (Lipinski definition) is 0. The Morgan fingerprint density at radius 3 is 2.71 bits per heavy atom. The maximum atomic E-state index is 13.0. The Hall–Kier alpha value is -2.29. The van der Waals surface area contributed by atoms with Gasteiger partial charge in [0.25, 0.3) is 5.91 Å². The quantitative estimate of drug-likeness (QED) is 0.750. The molecule has 1 unspecified atom stereocenters. The van der Waals surface area contributed by atoms with Crippen LogP contribution in [-0.2, 0) is 5.54 Å². The highest BCUT2D eigenvalue weighted by Gasteiger charge is 2.49. The van der Waals surface area contributed by atoms with Gasteiger partial charge in [0.1, 0.15) is 11.3 Å². The molecule has 2 aromatic rings. The molecule has 4 rings (SSSR count). The molecule has 9 heteroatoms. The van der Waals surface area contributed by atoms with Crippen molar-refractivity contribution in [3.8, 4) is 0 Å². The SMILES string of the molecule is CCN(CC)C1(c2nnnn2C2CCCC2)CCN(C(=O)c2cc(C)on2)C1. The summed E-state index contributed by atoms with van der Waals surface area (Å²) in [6.07, 6.45) is 5.49. The van der Waals surface area contributed by atoms with Crippen LogP contribution < -0.4 is 0 Å². The minimum Gasteiger partial charge on any atom is -0.361 e. The molecule has 0 aromatic carbocycles. The molecule has 152 valence electrons. The molecular formula is C19H29N7O2. The van der Waals surface area contributed by atoms with Gasteiger partial charge >= 0.3 is 0 Å². The summed E-state index contributed by atoms with van der Waals surface area (Å²) in [5.41, 5.74) is -0.00690. The lowest BCUT2D eigenvalue weighted by atomic mass is 9.94. The summed E-state index contributed by atoms with van der Waals surface area (Å²) in [6, 6.07) is 2.06. The number of carbonyl (C=O) groups excluding carboxylic acids is 1. The van der Waals surface area contributed by atoms with Gasteiger partial charge in [-0.1, -0.05) is 31.8 Å². The van der Waals surface area contributed by atoms with Crippen molar-refractivity contribution in [3.05, 3.63) is 23.3 Å². The molecule has 1 atom stereocenters. The summed E-state index contributed by atoms with van der Waals surface area (Å²) in [7, 11) is 0. The molecule has 0 spiro atoms. The Bertz CT molecular complexity index is 822. The molecule has 0 N–H and O–H groups in total. The van der Waals surface area contributed by atoms with Gasteiger partial charge < -0.3 is 9.42 Å². The normalized spacial score (nSPS) is 23.2. The molecule has 0 radical (unpaired) electrons. The van der Waals surface area contributed by atoms with Gasteiger partial charge in [-0.2, -0.15) is 0 Å². The molecule has 2 aromatic heterocycles. The van der Waals surface area contributed by atoms with Crippen LogP contribution in [0.4, 0.5) is 0 Å². The zero-order valence-electron chi connectivity index (χ0n) is 17.0. The molecule has 28 heavy (non-hydrogen) atoms. The summed E-state index contributed by atoms with van der Waals surface area (Å²) < 4.78 is 7.14. The summed E-state index contributed by atoms with van der Waals surface area (Å²) in [6.45, 7) is 9.06. The van der Waals surface area contributed by atoms with Gasteiger partial charge in [-0.25, -0.2) is 4.68 Å². The van der Waals surface area contributed by atoms with Crippen molar-refractivity contribution in [3.63, 3.8) is 0 Å². The Balaban J connectivity index is 1.67. The minimum absolute atomic E-state index is 0.0919. The van der Waals surface area contributed by atoms with Gasteiger partial charge in [0.2, 0.25) is 0 Å². The number of nitrogens with zero attached hydrogens (tertiary/aromatic N) is 7. The predicted octanol–water partition coefficient (Wildman–Crippen LogP) is 2.17. The van der Waals surface area contributed by atoms with Crippen LogP contribution in [0.25, 0.3) is 0 Å². The van der Waals surface area contributed by atoms with Crippen LogP contribution in [0.5, 0.6) is 0 Å². The number of hydrogen-bond acceptors (Lipinski definition) is 7. The second kappa shape index (κ2) is 7.62. The summed E-state index contributed by atoms with van der Waals surface area (Å²) in [5.74, 6) is 1.45. The van der Waals surface area contributed by atoms with E-state index in [0.29, 0.717) is 30.6 Å².